The number of ether oxygens (including phenoxy) is 2. The van der Waals surface area contributed by atoms with Gasteiger partial charge in [0, 0.05) is 11.8 Å². The van der Waals surface area contributed by atoms with Crippen molar-refractivity contribution in [2.24, 2.45) is 0 Å². The monoisotopic (exact) mass is 510 g/mol. The van der Waals surface area contributed by atoms with E-state index in [4.69, 9.17) is 9.47 Å². The average molecular weight is 510 g/mol. The van der Waals surface area contributed by atoms with Gasteiger partial charge in [0.15, 0.2) is 5.65 Å². The van der Waals surface area contributed by atoms with Gasteiger partial charge in [0.05, 0.1) is 12.5 Å². The van der Waals surface area contributed by atoms with Crippen LogP contribution < -0.4 is 9.47 Å². The highest BCUT2D eigenvalue weighted by molar-refractivity contribution is 14.1. The maximum Gasteiger partial charge on any atom is 0.179 e. The molecule has 30 heavy (non-hydrogen) atoms. The zero-order valence-electron chi connectivity index (χ0n) is 16.5. The van der Waals surface area contributed by atoms with Gasteiger partial charge in [0.25, 0.3) is 0 Å². The molecule has 0 atom stereocenters. The molecule has 1 N–H and O–H groups in total. The second kappa shape index (κ2) is 7.64. The molecular formula is C23H19IN4O2. The van der Waals surface area contributed by atoms with Crippen LogP contribution in [0.5, 0.6) is 11.5 Å². The number of H-pyrrole nitrogens is 1. The minimum atomic E-state index is 0.443. The van der Waals surface area contributed by atoms with E-state index >= 15 is 0 Å². The van der Waals surface area contributed by atoms with Crippen molar-refractivity contribution in [3.63, 3.8) is 0 Å². The van der Waals surface area contributed by atoms with Gasteiger partial charge in [-0.2, -0.15) is 5.10 Å². The van der Waals surface area contributed by atoms with Gasteiger partial charge in [-0.3, -0.25) is 5.10 Å². The molecule has 0 saturated heterocycles. The number of fused-ring (bicyclic) bond motifs is 3. The molecule has 0 bridgehead atoms. The first kappa shape index (κ1) is 18.9. The molecule has 0 aliphatic carbocycles. The van der Waals surface area contributed by atoms with Gasteiger partial charge in [-0.1, -0.05) is 42.0 Å². The van der Waals surface area contributed by atoms with Crippen LogP contribution in [0.25, 0.3) is 27.7 Å². The minimum Gasteiger partial charge on any atom is -0.497 e. The summed E-state index contributed by atoms with van der Waals surface area (Å²) in [4.78, 5) is 0. The van der Waals surface area contributed by atoms with Crippen LogP contribution in [0.3, 0.4) is 0 Å². The first-order valence-corrected chi connectivity index (χ1v) is 10.6. The van der Waals surface area contributed by atoms with Gasteiger partial charge in [0.2, 0.25) is 0 Å². The summed E-state index contributed by atoms with van der Waals surface area (Å²) in [5.41, 5.74) is 6.10. The van der Waals surface area contributed by atoms with E-state index in [-0.39, 0.29) is 0 Å². The van der Waals surface area contributed by atoms with Crippen LogP contribution >= 0.6 is 22.6 Å². The van der Waals surface area contributed by atoms with Crippen molar-refractivity contribution in [2.45, 2.75) is 13.5 Å². The summed E-state index contributed by atoms with van der Waals surface area (Å²) in [6.07, 6.45) is 2.03. The molecular weight excluding hydrogens is 491 g/mol. The number of aromatic nitrogens is 4. The first-order valence-electron chi connectivity index (χ1n) is 9.51. The number of nitrogens with one attached hydrogen (secondary N) is 1. The Morgan fingerprint density at radius 3 is 2.53 bits per heavy atom. The van der Waals surface area contributed by atoms with E-state index in [1.54, 1.807) is 7.11 Å². The molecule has 3 aromatic heterocycles. The number of halogens is 1. The number of aromatic amines is 1. The van der Waals surface area contributed by atoms with Crippen molar-refractivity contribution >= 4 is 39.1 Å². The first-order chi connectivity index (χ1) is 14.6. The van der Waals surface area contributed by atoms with Crippen LogP contribution in [0.15, 0.2) is 60.8 Å². The van der Waals surface area contributed by atoms with E-state index in [0.717, 1.165) is 48.4 Å². The number of hydrogen-bond acceptors (Lipinski definition) is 4. The van der Waals surface area contributed by atoms with E-state index in [1.807, 2.05) is 35.0 Å². The molecule has 5 rings (SSSR count). The summed E-state index contributed by atoms with van der Waals surface area (Å²) in [7, 11) is 1.66. The second-order valence-electron chi connectivity index (χ2n) is 7.13. The average Bonchev–Trinajstić information content (AvgIpc) is 3.32. The molecule has 0 radical (unpaired) electrons. The lowest BCUT2D eigenvalue weighted by molar-refractivity contribution is 0.308. The van der Waals surface area contributed by atoms with E-state index in [9.17, 15) is 0 Å². The molecule has 6 nitrogen and oxygen atoms in total. The number of benzene rings is 2. The lowest BCUT2D eigenvalue weighted by Crippen LogP contribution is -1.99. The van der Waals surface area contributed by atoms with Gasteiger partial charge in [-0.15, -0.1) is 5.10 Å². The van der Waals surface area contributed by atoms with Crippen molar-refractivity contribution in [1.29, 1.82) is 0 Å². The predicted octanol–water partition coefficient (Wildman–Crippen LogP) is 5.38. The van der Waals surface area contributed by atoms with Crippen LogP contribution in [-0.2, 0) is 6.61 Å². The topological polar surface area (TPSA) is 64.4 Å². The van der Waals surface area contributed by atoms with E-state index in [2.05, 4.69) is 75.1 Å². The third-order valence-corrected chi connectivity index (χ3v) is 5.88. The summed E-state index contributed by atoms with van der Waals surface area (Å²) in [6, 6.07) is 18.4. The Morgan fingerprint density at radius 1 is 1.03 bits per heavy atom. The quantitative estimate of drug-likeness (QED) is 0.323. The fourth-order valence-electron chi connectivity index (χ4n) is 3.47. The van der Waals surface area contributed by atoms with Crippen molar-refractivity contribution in [3.8, 4) is 22.6 Å². The fourth-order valence-corrected chi connectivity index (χ4v) is 4.10. The summed E-state index contributed by atoms with van der Waals surface area (Å²) < 4.78 is 14.3. The second-order valence-corrected chi connectivity index (χ2v) is 8.15. The Morgan fingerprint density at radius 2 is 1.80 bits per heavy atom. The SMILES string of the molecule is COc1ccc(COc2cc(-c3ccc(C)cc3)cn3nc4[nH]nc(I)c4c23)cc1. The number of nitrogens with zero attached hydrogens (tertiary/aromatic N) is 3. The number of methoxy groups -OCH3 is 1. The molecule has 0 saturated carbocycles. The highest BCUT2D eigenvalue weighted by Gasteiger charge is 2.18. The number of pyridine rings is 1. The summed E-state index contributed by atoms with van der Waals surface area (Å²) >= 11 is 2.22. The molecule has 0 amide bonds. The molecule has 0 aliphatic heterocycles. The van der Waals surface area contributed by atoms with Gasteiger partial charge in [0.1, 0.15) is 27.3 Å². The lowest BCUT2D eigenvalue weighted by atomic mass is 10.1. The van der Waals surface area contributed by atoms with Gasteiger partial charge in [-0.25, -0.2) is 4.52 Å². The Kier molecular flexibility index (Phi) is 4.82. The number of hydrogen-bond donors (Lipinski definition) is 1. The summed E-state index contributed by atoms with van der Waals surface area (Å²) in [5, 5.41) is 12.9. The van der Waals surface area contributed by atoms with Crippen molar-refractivity contribution in [3.05, 3.63) is 75.6 Å². The third kappa shape index (κ3) is 3.39. The molecule has 0 fully saturated rings. The highest BCUT2D eigenvalue weighted by atomic mass is 127. The fraction of sp³-hybridized carbons (Fsp3) is 0.130. The lowest BCUT2D eigenvalue weighted by Gasteiger charge is -2.12. The van der Waals surface area contributed by atoms with E-state index in [1.165, 1.54) is 5.56 Å². The molecule has 5 aromatic rings. The Hall–Kier alpha value is -3.07. The molecule has 7 heteroatoms. The van der Waals surface area contributed by atoms with E-state index < -0.39 is 0 Å². The number of aryl methyl sites for hydroxylation is 1. The van der Waals surface area contributed by atoms with Crippen molar-refractivity contribution < 1.29 is 9.47 Å². The smallest absolute Gasteiger partial charge is 0.179 e. The highest BCUT2D eigenvalue weighted by Crippen LogP contribution is 2.34. The molecule has 0 aliphatic rings. The third-order valence-electron chi connectivity index (χ3n) is 5.10. The van der Waals surface area contributed by atoms with Gasteiger partial charge in [-0.05, 0) is 58.8 Å². The van der Waals surface area contributed by atoms with Crippen LogP contribution in [0.1, 0.15) is 11.1 Å². The van der Waals surface area contributed by atoms with Gasteiger partial charge < -0.3 is 9.47 Å². The van der Waals surface area contributed by atoms with Crippen LogP contribution in [-0.4, -0.2) is 26.9 Å². The maximum absolute atomic E-state index is 6.31. The molecule has 150 valence electrons. The normalized spacial score (nSPS) is 11.3. The largest absolute Gasteiger partial charge is 0.497 e. The standard InChI is InChI=1S/C23H19IN4O2/c1-14-3-7-16(8-4-14)17-11-19(30-13-15-5-9-18(29-2)10-6-15)21-20-22(24)25-26-23(20)27-28(21)12-17/h3-12H,13H2,1-2H3,(H,26,27). The zero-order chi connectivity index (χ0) is 20.7. The molecule has 2 aromatic carbocycles. The van der Waals surface area contributed by atoms with E-state index in [0.29, 0.717) is 6.61 Å². The predicted molar refractivity (Wildman–Crippen MR) is 125 cm³/mol. The molecule has 3 heterocycles. The summed E-state index contributed by atoms with van der Waals surface area (Å²) in [6.45, 7) is 2.53. The minimum absolute atomic E-state index is 0.443. The Bertz CT molecular complexity index is 1340. The summed E-state index contributed by atoms with van der Waals surface area (Å²) in [5.74, 6) is 1.60. The van der Waals surface area contributed by atoms with Crippen LogP contribution in [0, 0.1) is 10.6 Å². The van der Waals surface area contributed by atoms with Gasteiger partial charge >= 0.3 is 0 Å². The molecule has 0 spiro atoms. The maximum atomic E-state index is 6.31. The molecule has 0 unspecified atom stereocenters. The van der Waals surface area contributed by atoms with Crippen LogP contribution in [0.4, 0.5) is 0 Å². The van der Waals surface area contributed by atoms with Crippen LogP contribution in [0.2, 0.25) is 0 Å². The van der Waals surface area contributed by atoms with Crippen molar-refractivity contribution in [2.75, 3.05) is 7.11 Å². The number of rotatable bonds is 5. The van der Waals surface area contributed by atoms with Crippen molar-refractivity contribution in [1.82, 2.24) is 19.8 Å². The Balaban J connectivity index is 1.60. The zero-order valence-corrected chi connectivity index (χ0v) is 18.7. The Labute approximate surface area is 187 Å².